The molecule has 0 aliphatic heterocycles. The summed E-state index contributed by atoms with van der Waals surface area (Å²) in [5, 5.41) is 2.24. The molecule has 3 heteroatoms. The van der Waals surface area contributed by atoms with E-state index in [2.05, 4.69) is 0 Å². The van der Waals surface area contributed by atoms with E-state index in [-0.39, 0.29) is 5.48 Å². The first-order valence-electron chi connectivity index (χ1n) is 4.10. The van der Waals surface area contributed by atoms with Gasteiger partial charge in [0.1, 0.15) is 0 Å². The van der Waals surface area contributed by atoms with Crippen LogP contribution >= 0.6 is 0 Å². The Bertz CT molecular complexity index is 460. The van der Waals surface area contributed by atoms with Gasteiger partial charge < -0.3 is 5.48 Å². The zero-order chi connectivity index (χ0) is 9.26. The number of rotatable bonds is 1. The lowest BCUT2D eigenvalue weighted by Crippen LogP contribution is -1.88. The first-order chi connectivity index (χ1) is 6.29. The second-order valence-electron chi connectivity index (χ2n) is 2.93. The molecule has 14 heavy (non-hydrogen) atoms. The molecule has 1 atom stereocenters. The average molecular weight is 208 g/mol. The number of hydrogen-bond donors (Lipinski definition) is 0. The van der Waals surface area contributed by atoms with Gasteiger partial charge in [-0.25, -0.2) is 0 Å². The molecular weight excluding hydrogens is 196 g/mol. The van der Waals surface area contributed by atoms with Crippen LogP contribution in [0.4, 0.5) is 0 Å². The minimum Gasteiger partial charge on any atom is -0.412 e. The van der Waals surface area contributed by atoms with Crippen LogP contribution in [0.15, 0.2) is 47.4 Å². The Hall–Kier alpha value is -1.19. The van der Waals surface area contributed by atoms with Crippen molar-refractivity contribution < 1.29 is 9.69 Å². The topological polar surface area (TPSA) is 48.6 Å². The van der Waals surface area contributed by atoms with Crippen molar-refractivity contribution in [1.29, 1.82) is 0 Å². The zero-order valence-electron chi connectivity index (χ0n) is 7.86. The summed E-state index contributed by atoms with van der Waals surface area (Å²) >= 11 is 0. The van der Waals surface area contributed by atoms with Crippen LogP contribution in [0, 0.1) is 0 Å². The van der Waals surface area contributed by atoms with Crippen LogP contribution in [-0.4, -0.2) is 15.9 Å². The Kier molecular flexibility index (Phi) is 3.38. The molecule has 2 N–H and O–H groups in total. The number of hydrogen-bond acceptors (Lipinski definition) is 1. The normalized spacial score (nSPS) is 12.1. The minimum atomic E-state index is -0.904. The second-order valence-corrected chi connectivity index (χ2v) is 4.28. The SMILES string of the molecule is CS(=O)c1cccc2ccccc12.O. The van der Waals surface area contributed by atoms with E-state index in [0.717, 1.165) is 15.7 Å². The quantitative estimate of drug-likeness (QED) is 0.704. The van der Waals surface area contributed by atoms with Crippen LogP contribution in [-0.2, 0) is 10.8 Å². The van der Waals surface area contributed by atoms with Gasteiger partial charge in [-0.15, -0.1) is 0 Å². The van der Waals surface area contributed by atoms with Gasteiger partial charge in [-0.2, -0.15) is 0 Å². The van der Waals surface area contributed by atoms with Gasteiger partial charge in [-0.1, -0.05) is 36.4 Å². The molecule has 74 valence electrons. The maximum Gasteiger partial charge on any atom is 0.0504 e. The fourth-order valence-corrected chi connectivity index (χ4v) is 2.21. The van der Waals surface area contributed by atoms with Crippen LogP contribution in [0.1, 0.15) is 0 Å². The highest BCUT2D eigenvalue weighted by molar-refractivity contribution is 7.84. The summed E-state index contributed by atoms with van der Waals surface area (Å²) in [6.07, 6.45) is 1.71. The van der Waals surface area contributed by atoms with Crippen LogP contribution in [0.5, 0.6) is 0 Å². The molecule has 2 nitrogen and oxygen atoms in total. The molecule has 2 rings (SSSR count). The van der Waals surface area contributed by atoms with Crippen molar-refractivity contribution in [2.45, 2.75) is 4.90 Å². The molecule has 1 unspecified atom stereocenters. The van der Waals surface area contributed by atoms with Crippen molar-refractivity contribution in [2.24, 2.45) is 0 Å². The minimum absolute atomic E-state index is 0. The summed E-state index contributed by atoms with van der Waals surface area (Å²) in [6.45, 7) is 0. The van der Waals surface area contributed by atoms with Gasteiger partial charge in [0.15, 0.2) is 0 Å². The van der Waals surface area contributed by atoms with E-state index in [9.17, 15) is 4.21 Å². The molecule has 0 spiro atoms. The van der Waals surface area contributed by atoms with E-state index in [0.29, 0.717) is 0 Å². The molecule has 0 aliphatic carbocycles. The van der Waals surface area contributed by atoms with E-state index in [4.69, 9.17) is 0 Å². The van der Waals surface area contributed by atoms with Crippen molar-refractivity contribution in [2.75, 3.05) is 6.26 Å². The van der Waals surface area contributed by atoms with Gasteiger partial charge in [-0.05, 0) is 16.8 Å². The summed E-state index contributed by atoms with van der Waals surface area (Å²) in [5.41, 5.74) is 0. The lowest BCUT2D eigenvalue weighted by molar-refractivity contribution is 0.687. The van der Waals surface area contributed by atoms with Crippen LogP contribution < -0.4 is 0 Å². The van der Waals surface area contributed by atoms with Gasteiger partial charge in [0, 0.05) is 11.2 Å². The highest BCUT2D eigenvalue weighted by atomic mass is 32.2. The molecule has 0 amide bonds. The van der Waals surface area contributed by atoms with E-state index in [1.54, 1.807) is 6.26 Å². The Morgan fingerprint density at radius 3 is 2.36 bits per heavy atom. The fourth-order valence-electron chi connectivity index (χ4n) is 1.45. The summed E-state index contributed by atoms with van der Waals surface area (Å²) in [4.78, 5) is 0.915. The third-order valence-corrected chi connectivity index (χ3v) is 3.03. The first-order valence-corrected chi connectivity index (χ1v) is 5.66. The van der Waals surface area contributed by atoms with E-state index < -0.39 is 10.8 Å². The molecule has 2 aromatic carbocycles. The van der Waals surface area contributed by atoms with Crippen LogP contribution in [0.2, 0.25) is 0 Å². The first kappa shape index (κ1) is 10.9. The largest absolute Gasteiger partial charge is 0.412 e. The fraction of sp³-hybridized carbons (Fsp3) is 0.0909. The lowest BCUT2D eigenvalue weighted by Gasteiger charge is -2.01. The summed E-state index contributed by atoms with van der Waals surface area (Å²) in [7, 11) is -0.904. The van der Waals surface area contributed by atoms with E-state index in [1.807, 2.05) is 42.5 Å². The maximum absolute atomic E-state index is 11.4. The van der Waals surface area contributed by atoms with Crippen LogP contribution in [0.3, 0.4) is 0 Å². The van der Waals surface area contributed by atoms with E-state index >= 15 is 0 Å². The lowest BCUT2D eigenvalue weighted by atomic mass is 10.1. The number of benzene rings is 2. The van der Waals surface area contributed by atoms with Gasteiger partial charge in [-0.3, -0.25) is 4.21 Å². The Labute approximate surface area is 85.3 Å². The van der Waals surface area contributed by atoms with Crippen molar-refractivity contribution >= 4 is 21.6 Å². The second kappa shape index (κ2) is 4.35. The van der Waals surface area contributed by atoms with Crippen molar-refractivity contribution in [3.63, 3.8) is 0 Å². The van der Waals surface area contributed by atoms with Gasteiger partial charge in [0.2, 0.25) is 0 Å². The molecule has 0 aromatic heterocycles. The highest BCUT2D eigenvalue weighted by Gasteiger charge is 2.01. The molecule has 2 aromatic rings. The molecule has 0 saturated heterocycles. The Morgan fingerprint density at radius 2 is 1.64 bits per heavy atom. The molecular formula is C11H12O2S. The van der Waals surface area contributed by atoms with Crippen molar-refractivity contribution in [3.05, 3.63) is 42.5 Å². The molecule has 0 saturated carbocycles. The van der Waals surface area contributed by atoms with Gasteiger partial charge in [0.05, 0.1) is 10.8 Å². The highest BCUT2D eigenvalue weighted by Crippen LogP contribution is 2.20. The zero-order valence-corrected chi connectivity index (χ0v) is 8.67. The molecule has 0 fully saturated rings. The molecule has 0 radical (unpaired) electrons. The standard InChI is InChI=1S/C11H10OS.H2O/c1-13(12)11-8-4-6-9-5-2-3-7-10(9)11;/h2-8H,1H3;1H2. The molecule has 0 aliphatic rings. The van der Waals surface area contributed by atoms with Crippen molar-refractivity contribution in [1.82, 2.24) is 0 Å². The average Bonchev–Trinajstić information content (AvgIpc) is 2.17. The monoisotopic (exact) mass is 208 g/mol. The summed E-state index contributed by atoms with van der Waals surface area (Å²) in [6, 6.07) is 13.9. The Morgan fingerprint density at radius 1 is 1.00 bits per heavy atom. The smallest absolute Gasteiger partial charge is 0.0504 e. The molecule has 0 bridgehead atoms. The van der Waals surface area contributed by atoms with Gasteiger partial charge in [0.25, 0.3) is 0 Å². The van der Waals surface area contributed by atoms with E-state index in [1.165, 1.54) is 0 Å². The number of fused-ring (bicyclic) bond motifs is 1. The third kappa shape index (κ3) is 1.84. The predicted molar refractivity (Wildman–Crippen MR) is 59.9 cm³/mol. The Balaban J connectivity index is 0.000000980. The summed E-state index contributed by atoms with van der Waals surface area (Å²) < 4.78 is 11.4. The predicted octanol–water partition coefficient (Wildman–Crippen LogP) is 1.75. The molecule has 0 heterocycles. The van der Waals surface area contributed by atoms with Crippen molar-refractivity contribution in [3.8, 4) is 0 Å². The third-order valence-electron chi connectivity index (χ3n) is 2.06. The maximum atomic E-state index is 11.4. The van der Waals surface area contributed by atoms with Gasteiger partial charge >= 0.3 is 0 Å². The van der Waals surface area contributed by atoms with Crippen LogP contribution in [0.25, 0.3) is 10.8 Å². The summed E-state index contributed by atoms with van der Waals surface area (Å²) in [5.74, 6) is 0.